The second-order valence-electron chi connectivity index (χ2n) is 6.67. The van der Waals surface area contributed by atoms with Gasteiger partial charge in [-0.15, -0.1) is 2.94 Å². The Morgan fingerprint density at radius 2 is 2.00 bits per heavy atom. The Balaban J connectivity index is 2.21. The van der Waals surface area contributed by atoms with Crippen molar-refractivity contribution in [2.45, 2.75) is 32.7 Å². The molecule has 0 radical (unpaired) electrons. The monoisotopic (exact) mass is 388 g/mol. The molecule has 1 aliphatic carbocycles. The number of nitrogens with one attached hydrogen (secondary N) is 1. The van der Waals surface area contributed by atoms with Crippen LogP contribution in [-0.4, -0.2) is 56.5 Å². The average Bonchev–Trinajstić information content (AvgIpc) is 3.05. The van der Waals surface area contributed by atoms with Gasteiger partial charge in [0.25, 0.3) is 10.2 Å². The van der Waals surface area contributed by atoms with Gasteiger partial charge < -0.3 is 4.48 Å². The minimum absolute atomic E-state index is 0.0222. The van der Waals surface area contributed by atoms with Crippen LogP contribution in [-0.2, 0) is 10.2 Å². The quantitative estimate of drug-likeness (QED) is 0.448. The highest BCUT2D eigenvalue weighted by atomic mass is 127. The minimum atomic E-state index is -3.31. The largest absolute Gasteiger partial charge is 0.322 e. The van der Waals surface area contributed by atoms with Gasteiger partial charge in [0, 0.05) is 47.7 Å². The summed E-state index contributed by atoms with van der Waals surface area (Å²) in [5.74, 6) is 0. The van der Waals surface area contributed by atoms with Crippen LogP contribution in [0.4, 0.5) is 0 Å². The van der Waals surface area contributed by atoms with E-state index in [0.29, 0.717) is 13.1 Å². The number of halogens is 1. The van der Waals surface area contributed by atoms with Crippen LogP contribution >= 0.6 is 22.9 Å². The lowest BCUT2D eigenvalue weighted by molar-refractivity contribution is -0.923. The Labute approximate surface area is 124 Å². The summed E-state index contributed by atoms with van der Waals surface area (Å²) in [5, 5.41) is 0. The van der Waals surface area contributed by atoms with Crippen molar-refractivity contribution in [3.05, 3.63) is 0 Å². The number of quaternary nitrogens is 1. The van der Waals surface area contributed by atoms with Crippen molar-refractivity contribution in [1.82, 2.24) is 7.24 Å². The maximum Gasteiger partial charge on any atom is 0.288 e. The van der Waals surface area contributed by atoms with Gasteiger partial charge in [-0.2, -0.15) is 12.7 Å². The maximum atomic E-state index is 12.0. The second kappa shape index (κ2) is 4.83. The molecule has 0 amide bonds. The van der Waals surface area contributed by atoms with Gasteiger partial charge >= 0.3 is 0 Å². The topological polar surface area (TPSA) is 49.4 Å². The summed E-state index contributed by atoms with van der Waals surface area (Å²) < 4.78 is 29.0. The zero-order valence-corrected chi connectivity index (χ0v) is 14.3. The SMILES string of the molecule is CC1(C)CN(S(=O)(=O)NI)CC[N+](C)(C2CC2)C1. The summed E-state index contributed by atoms with van der Waals surface area (Å²) in [6.45, 7) is 7.55. The minimum Gasteiger partial charge on any atom is -0.322 e. The summed E-state index contributed by atoms with van der Waals surface area (Å²) in [4.78, 5) is 0. The average molecular weight is 388 g/mol. The molecule has 5 nitrogen and oxygen atoms in total. The highest BCUT2D eigenvalue weighted by Gasteiger charge is 2.48. The number of likely N-dealkylation sites (N-methyl/N-ethyl adjacent to an activating group) is 1. The van der Waals surface area contributed by atoms with E-state index in [9.17, 15) is 8.42 Å². The van der Waals surface area contributed by atoms with E-state index in [1.807, 2.05) is 0 Å². The first-order valence-corrected chi connectivity index (χ1v) is 8.92. The van der Waals surface area contributed by atoms with Gasteiger partial charge in [0.1, 0.15) is 0 Å². The summed E-state index contributed by atoms with van der Waals surface area (Å²) in [7, 11) is -1.03. The maximum absolute atomic E-state index is 12.0. The fourth-order valence-corrected chi connectivity index (χ4v) is 5.04. The van der Waals surface area contributed by atoms with Gasteiger partial charge in [-0.3, -0.25) is 0 Å². The molecule has 7 heteroatoms. The summed E-state index contributed by atoms with van der Waals surface area (Å²) in [6, 6.07) is 0.750. The molecule has 1 atom stereocenters. The molecular formula is C11H23IN3O2S+. The van der Waals surface area contributed by atoms with E-state index >= 15 is 0 Å². The van der Waals surface area contributed by atoms with Crippen LogP contribution in [0, 0.1) is 5.41 Å². The van der Waals surface area contributed by atoms with Gasteiger partial charge in [0.2, 0.25) is 0 Å². The molecule has 18 heavy (non-hydrogen) atoms. The summed E-state index contributed by atoms with van der Waals surface area (Å²) in [6.07, 6.45) is 2.59. The predicted molar refractivity (Wildman–Crippen MR) is 80.4 cm³/mol. The fraction of sp³-hybridized carbons (Fsp3) is 1.00. The number of nitrogens with zero attached hydrogens (tertiary/aromatic N) is 2. The van der Waals surface area contributed by atoms with Crippen molar-refractivity contribution in [2.75, 3.05) is 33.2 Å². The Bertz CT molecular complexity index is 422. The molecule has 2 rings (SSSR count). The van der Waals surface area contributed by atoms with Crippen LogP contribution in [0.2, 0.25) is 0 Å². The second-order valence-corrected chi connectivity index (χ2v) is 9.61. The molecule has 2 aliphatic rings. The summed E-state index contributed by atoms with van der Waals surface area (Å²) >= 11 is 1.71. The van der Waals surface area contributed by atoms with E-state index in [2.05, 4.69) is 23.8 Å². The molecule has 2 fully saturated rings. The number of hydrogen-bond acceptors (Lipinski definition) is 2. The highest BCUT2D eigenvalue weighted by molar-refractivity contribution is 14.1. The van der Waals surface area contributed by atoms with Crippen molar-refractivity contribution >= 4 is 33.1 Å². The lowest BCUT2D eigenvalue weighted by Crippen LogP contribution is -2.51. The van der Waals surface area contributed by atoms with Crippen LogP contribution in [0.25, 0.3) is 0 Å². The molecule has 1 unspecified atom stereocenters. The van der Waals surface area contributed by atoms with Gasteiger partial charge in [-0.1, -0.05) is 13.8 Å². The molecule has 1 aliphatic heterocycles. The lowest BCUT2D eigenvalue weighted by atomic mass is 9.92. The Morgan fingerprint density at radius 1 is 1.39 bits per heavy atom. The van der Waals surface area contributed by atoms with Gasteiger partial charge in [0.15, 0.2) is 0 Å². The number of rotatable bonds is 3. The normalized spacial score (nSPS) is 34.2. The van der Waals surface area contributed by atoms with Gasteiger partial charge in [-0.05, 0) is 0 Å². The first kappa shape index (κ1) is 15.0. The standard InChI is InChI=1S/C11H23IN3O2S/c1-11(2)8-14(18(16,17)13-12)6-7-15(3,9-11)10-4-5-10/h10,13H,4-9H2,1-3H3/q+1. The molecule has 1 N–H and O–H groups in total. The Kier molecular flexibility index (Phi) is 4.02. The molecule has 1 heterocycles. The molecule has 0 aromatic carbocycles. The molecule has 0 aromatic rings. The van der Waals surface area contributed by atoms with Crippen LogP contribution in [0.5, 0.6) is 0 Å². The van der Waals surface area contributed by atoms with Crippen molar-refractivity contribution in [3.63, 3.8) is 0 Å². The van der Waals surface area contributed by atoms with E-state index in [1.165, 1.54) is 12.8 Å². The van der Waals surface area contributed by atoms with E-state index in [1.54, 1.807) is 27.2 Å². The summed E-state index contributed by atoms with van der Waals surface area (Å²) in [5.41, 5.74) is 0.0222. The van der Waals surface area contributed by atoms with Crippen molar-refractivity contribution < 1.29 is 12.9 Å². The third-order valence-corrected chi connectivity index (χ3v) is 6.98. The van der Waals surface area contributed by atoms with Gasteiger partial charge in [-0.25, -0.2) is 0 Å². The molecular weight excluding hydrogens is 365 g/mol. The zero-order valence-electron chi connectivity index (χ0n) is 11.3. The Morgan fingerprint density at radius 3 is 2.50 bits per heavy atom. The van der Waals surface area contributed by atoms with Crippen LogP contribution in [0.3, 0.4) is 0 Å². The van der Waals surface area contributed by atoms with E-state index < -0.39 is 10.2 Å². The first-order valence-electron chi connectivity index (χ1n) is 6.40. The molecule has 106 valence electrons. The van der Waals surface area contributed by atoms with E-state index in [4.69, 9.17) is 0 Å². The smallest absolute Gasteiger partial charge is 0.288 e. The molecule has 0 aromatic heterocycles. The highest BCUT2D eigenvalue weighted by Crippen LogP contribution is 2.37. The predicted octanol–water partition coefficient (Wildman–Crippen LogP) is 1.12. The number of hydrogen-bond donors (Lipinski definition) is 1. The first-order chi connectivity index (χ1) is 8.19. The van der Waals surface area contributed by atoms with Gasteiger partial charge in [0.05, 0.1) is 32.7 Å². The van der Waals surface area contributed by atoms with E-state index in [-0.39, 0.29) is 5.41 Å². The molecule has 1 saturated carbocycles. The van der Waals surface area contributed by atoms with Crippen LogP contribution in [0.1, 0.15) is 26.7 Å². The Hall–Kier alpha value is 0.560. The lowest BCUT2D eigenvalue weighted by Gasteiger charge is -2.38. The van der Waals surface area contributed by atoms with Crippen molar-refractivity contribution in [2.24, 2.45) is 5.41 Å². The molecule has 0 spiro atoms. The zero-order chi connectivity index (χ0) is 13.6. The van der Waals surface area contributed by atoms with Crippen molar-refractivity contribution in [1.29, 1.82) is 0 Å². The third-order valence-electron chi connectivity index (χ3n) is 4.12. The van der Waals surface area contributed by atoms with Crippen LogP contribution in [0.15, 0.2) is 0 Å². The van der Waals surface area contributed by atoms with E-state index in [0.717, 1.165) is 23.6 Å². The third kappa shape index (κ3) is 3.17. The molecule has 1 saturated heterocycles. The van der Waals surface area contributed by atoms with Crippen LogP contribution < -0.4 is 2.94 Å². The fourth-order valence-electron chi connectivity index (χ4n) is 3.27. The molecule has 0 bridgehead atoms. The van der Waals surface area contributed by atoms with Crippen molar-refractivity contribution in [3.8, 4) is 0 Å².